The van der Waals surface area contributed by atoms with Gasteiger partial charge in [-0.1, -0.05) is 50.1 Å². The van der Waals surface area contributed by atoms with Crippen LogP contribution in [0.4, 0.5) is 10.5 Å². The molecule has 0 radical (unpaired) electrons. The van der Waals surface area contributed by atoms with Crippen LogP contribution in [0.5, 0.6) is 5.75 Å². The molecular formula is C31H37N3O7. The van der Waals surface area contributed by atoms with Gasteiger partial charge in [0.25, 0.3) is 11.8 Å². The van der Waals surface area contributed by atoms with Gasteiger partial charge in [0.2, 0.25) is 5.78 Å². The molecule has 0 fully saturated rings. The Morgan fingerprint density at radius 2 is 1.54 bits per heavy atom. The Morgan fingerprint density at radius 3 is 2.17 bits per heavy atom. The number of ether oxygens (including phenoxy) is 2. The number of nitrogens with one attached hydrogen (secondary N) is 2. The normalized spacial score (nSPS) is 13.4. The molecule has 1 aliphatic rings. The van der Waals surface area contributed by atoms with Gasteiger partial charge in [-0.05, 0) is 55.5 Å². The predicted octanol–water partition coefficient (Wildman–Crippen LogP) is 4.32. The number of rotatable bonds is 16. The average molecular weight is 564 g/mol. The molecule has 2 N–H and O–H groups in total. The van der Waals surface area contributed by atoms with Crippen molar-refractivity contribution in [3.05, 3.63) is 71.8 Å². The lowest BCUT2D eigenvalue weighted by Gasteiger charge is -2.21. The first kappa shape index (κ1) is 31.2. The van der Waals surface area contributed by atoms with Crippen molar-refractivity contribution in [1.82, 2.24) is 10.2 Å². The molecule has 2 aromatic rings. The predicted molar refractivity (Wildman–Crippen MR) is 153 cm³/mol. The number of Topliss-reactive ketones (excluding diaryl/α,β-unsaturated/α-hetero) is 2. The van der Waals surface area contributed by atoms with E-state index in [1.807, 2.05) is 57.2 Å². The fraction of sp³-hybridized carbons (Fsp3) is 0.387. The van der Waals surface area contributed by atoms with Crippen LogP contribution in [-0.4, -0.2) is 53.7 Å². The van der Waals surface area contributed by atoms with Gasteiger partial charge in [-0.3, -0.25) is 29.4 Å². The summed E-state index contributed by atoms with van der Waals surface area (Å²) in [5.74, 6) is -1.20. The van der Waals surface area contributed by atoms with Crippen LogP contribution >= 0.6 is 0 Å². The summed E-state index contributed by atoms with van der Waals surface area (Å²) in [4.78, 5) is 61.5. The highest BCUT2D eigenvalue weighted by atomic mass is 16.7. The molecule has 3 rings (SSSR count). The number of amides is 2. The van der Waals surface area contributed by atoms with Crippen LogP contribution in [-0.2, 0) is 30.5 Å². The molecule has 2 aromatic carbocycles. The van der Waals surface area contributed by atoms with Gasteiger partial charge < -0.3 is 14.8 Å². The number of carbonyl (C=O) groups excluding carboxylic acids is 5. The van der Waals surface area contributed by atoms with E-state index in [0.29, 0.717) is 31.6 Å². The third kappa shape index (κ3) is 9.99. The number of unbranched alkanes of at least 4 members (excludes halogenated alkanes) is 2. The van der Waals surface area contributed by atoms with E-state index in [4.69, 9.17) is 9.47 Å². The fourth-order valence-corrected chi connectivity index (χ4v) is 4.17. The Morgan fingerprint density at radius 1 is 0.878 bits per heavy atom. The summed E-state index contributed by atoms with van der Waals surface area (Å²) >= 11 is 0. The first-order chi connectivity index (χ1) is 19.6. The number of anilines is 1. The summed E-state index contributed by atoms with van der Waals surface area (Å²) < 4.78 is 10.3. The highest BCUT2D eigenvalue weighted by Crippen LogP contribution is 2.15. The second-order valence-electron chi connectivity index (χ2n) is 10.2. The topological polar surface area (TPSA) is 131 Å². The molecule has 41 heavy (non-hydrogen) atoms. The van der Waals surface area contributed by atoms with Crippen molar-refractivity contribution in [3.63, 3.8) is 0 Å². The van der Waals surface area contributed by atoms with Crippen molar-refractivity contribution >= 4 is 35.2 Å². The lowest BCUT2D eigenvalue weighted by Crippen LogP contribution is -2.46. The molecule has 10 nitrogen and oxygen atoms in total. The minimum Gasteiger partial charge on any atom is -0.429 e. The van der Waals surface area contributed by atoms with Crippen molar-refractivity contribution in [2.24, 2.45) is 5.92 Å². The molecule has 0 saturated heterocycles. The van der Waals surface area contributed by atoms with Crippen LogP contribution < -0.4 is 15.4 Å². The Bertz CT molecular complexity index is 1240. The zero-order chi connectivity index (χ0) is 29.8. The summed E-state index contributed by atoms with van der Waals surface area (Å²) in [6, 6.07) is 13.7. The minimum atomic E-state index is -0.785. The van der Waals surface area contributed by atoms with Crippen LogP contribution in [0, 0.1) is 12.8 Å². The Hall–Kier alpha value is -4.31. The maximum atomic E-state index is 12.8. The van der Waals surface area contributed by atoms with E-state index in [-0.39, 0.29) is 37.4 Å². The maximum Gasteiger partial charge on any atom is 0.514 e. The largest absolute Gasteiger partial charge is 0.514 e. The van der Waals surface area contributed by atoms with Crippen LogP contribution in [0.1, 0.15) is 50.7 Å². The number of imide groups is 1. The molecule has 0 unspecified atom stereocenters. The number of nitrogens with zero attached hydrogens (tertiary/aromatic N) is 1. The number of benzene rings is 2. The lowest BCUT2D eigenvalue weighted by molar-refractivity contribution is -0.138. The number of hydrogen-bond acceptors (Lipinski definition) is 9. The molecule has 0 aromatic heterocycles. The molecular weight excluding hydrogens is 526 g/mol. The second kappa shape index (κ2) is 15.5. The van der Waals surface area contributed by atoms with Crippen LogP contribution in [0.2, 0.25) is 0 Å². The van der Waals surface area contributed by atoms with E-state index in [1.54, 1.807) is 12.1 Å². The minimum absolute atomic E-state index is 0.0565. The third-order valence-electron chi connectivity index (χ3n) is 6.56. The van der Waals surface area contributed by atoms with E-state index >= 15 is 0 Å². The molecule has 1 heterocycles. The van der Waals surface area contributed by atoms with E-state index < -0.39 is 23.8 Å². The van der Waals surface area contributed by atoms with E-state index in [1.165, 1.54) is 17.1 Å². The first-order valence-electron chi connectivity index (χ1n) is 13.7. The summed E-state index contributed by atoms with van der Waals surface area (Å²) in [7, 11) is 0. The van der Waals surface area contributed by atoms with Gasteiger partial charge >= 0.3 is 6.16 Å². The van der Waals surface area contributed by atoms with Crippen LogP contribution in [0.25, 0.3) is 0 Å². The highest BCUT2D eigenvalue weighted by Gasteiger charge is 2.27. The number of ketones is 2. The molecule has 0 saturated carbocycles. The summed E-state index contributed by atoms with van der Waals surface area (Å²) in [6.45, 7) is 6.33. The lowest BCUT2D eigenvalue weighted by atomic mass is 9.95. The van der Waals surface area contributed by atoms with Crippen molar-refractivity contribution in [2.45, 2.75) is 59.1 Å². The molecule has 10 heteroatoms. The van der Waals surface area contributed by atoms with Gasteiger partial charge in [0.1, 0.15) is 12.4 Å². The monoisotopic (exact) mass is 563 g/mol. The van der Waals surface area contributed by atoms with Crippen LogP contribution in [0.3, 0.4) is 0 Å². The Kier molecular flexibility index (Phi) is 11.8. The Labute approximate surface area is 240 Å². The SMILES string of the molecule is Cc1ccc(OC(=O)OCc2ccc(NCN[C@H](C(=O)C(=O)CCCCCN3C(=O)C=CC3=O)C(C)C)cc2)cc1. The fourth-order valence-electron chi connectivity index (χ4n) is 4.17. The number of hydrogen-bond donors (Lipinski definition) is 2. The number of carbonyl (C=O) groups is 5. The molecule has 0 aliphatic carbocycles. The molecule has 0 bridgehead atoms. The van der Waals surface area contributed by atoms with Gasteiger partial charge in [-0.25, -0.2) is 4.79 Å². The van der Waals surface area contributed by atoms with E-state index in [9.17, 15) is 24.0 Å². The summed E-state index contributed by atoms with van der Waals surface area (Å²) in [5, 5.41) is 6.30. The van der Waals surface area contributed by atoms with Gasteiger partial charge in [0.15, 0.2) is 5.78 Å². The molecule has 0 spiro atoms. The second-order valence-corrected chi connectivity index (χ2v) is 10.2. The van der Waals surface area contributed by atoms with Gasteiger partial charge in [0, 0.05) is 30.8 Å². The smallest absolute Gasteiger partial charge is 0.429 e. The Balaban J connectivity index is 1.35. The summed E-state index contributed by atoms with van der Waals surface area (Å²) in [6.07, 6.45) is 3.56. The average Bonchev–Trinajstić information content (AvgIpc) is 3.27. The van der Waals surface area contributed by atoms with E-state index in [2.05, 4.69) is 10.6 Å². The molecule has 1 aliphatic heterocycles. The summed E-state index contributed by atoms with van der Waals surface area (Å²) in [5.41, 5.74) is 2.62. The molecule has 218 valence electrons. The zero-order valence-electron chi connectivity index (χ0n) is 23.7. The number of aryl methyl sites for hydroxylation is 1. The highest BCUT2D eigenvalue weighted by molar-refractivity contribution is 6.39. The standard InChI is InChI=1S/C31H37N3O7/c1-21(2)29(30(38)26(35)7-5-4-6-18-34-27(36)16-17-28(34)37)33-20-32-24-12-10-23(11-13-24)19-40-31(39)41-25-14-8-22(3)9-15-25/h8-17,21,29,32-33H,4-7,18-20H2,1-3H3/t29-/m0/s1. The van der Waals surface area contributed by atoms with Gasteiger partial charge in [-0.2, -0.15) is 0 Å². The first-order valence-corrected chi connectivity index (χ1v) is 13.7. The van der Waals surface area contributed by atoms with Crippen molar-refractivity contribution in [2.75, 3.05) is 18.5 Å². The molecule has 1 atom stereocenters. The third-order valence-corrected chi connectivity index (χ3v) is 6.56. The van der Waals surface area contributed by atoms with E-state index in [0.717, 1.165) is 16.8 Å². The van der Waals surface area contributed by atoms with Crippen LogP contribution in [0.15, 0.2) is 60.7 Å². The van der Waals surface area contributed by atoms with Crippen molar-refractivity contribution in [3.8, 4) is 5.75 Å². The van der Waals surface area contributed by atoms with Crippen molar-refractivity contribution in [1.29, 1.82) is 0 Å². The van der Waals surface area contributed by atoms with Crippen molar-refractivity contribution < 1.29 is 33.4 Å². The van der Waals surface area contributed by atoms with Gasteiger partial charge in [-0.15, -0.1) is 0 Å². The maximum absolute atomic E-state index is 12.8. The zero-order valence-corrected chi connectivity index (χ0v) is 23.7. The van der Waals surface area contributed by atoms with Gasteiger partial charge in [0.05, 0.1) is 12.7 Å². The molecule has 2 amide bonds. The quantitative estimate of drug-likeness (QED) is 0.0766.